The Bertz CT molecular complexity index is 1110. The zero-order valence-corrected chi connectivity index (χ0v) is 23.0. The van der Waals surface area contributed by atoms with Crippen LogP contribution in [0, 0.1) is 17.6 Å². The third-order valence-electron chi connectivity index (χ3n) is 7.22. The van der Waals surface area contributed by atoms with E-state index in [0.29, 0.717) is 18.6 Å². The molecule has 8 heteroatoms. The number of nitrogens with one attached hydrogen (secondary N) is 3. The first-order valence-corrected chi connectivity index (χ1v) is 13.2. The summed E-state index contributed by atoms with van der Waals surface area (Å²) < 4.78 is 27.6. The molecule has 1 amide bonds. The van der Waals surface area contributed by atoms with Crippen LogP contribution in [-0.4, -0.2) is 37.3 Å². The SMILES string of the molecule is CCONC1=CCC(NCC(O)C(Cc2cc(F)cc(F)c2)C(=O)NC)(c2cccc(C(C)(C)C)c2)CC1. The summed E-state index contributed by atoms with van der Waals surface area (Å²) in [6.45, 7) is 9.11. The predicted octanol–water partition coefficient (Wildman–Crippen LogP) is 4.62. The van der Waals surface area contributed by atoms with Crippen molar-refractivity contribution < 1.29 is 23.5 Å². The Hall–Kier alpha value is -2.81. The molecule has 0 bridgehead atoms. The number of carbonyl (C=O) groups excluding carboxylic acids is 1. The Morgan fingerprint density at radius 2 is 1.87 bits per heavy atom. The Kier molecular flexibility index (Phi) is 10.0. The Labute approximate surface area is 224 Å². The molecule has 6 nitrogen and oxygen atoms in total. The minimum Gasteiger partial charge on any atom is -0.391 e. The van der Waals surface area contributed by atoms with Crippen LogP contribution in [0.1, 0.15) is 63.6 Å². The molecule has 0 fully saturated rings. The minimum atomic E-state index is -1.09. The lowest BCUT2D eigenvalue weighted by molar-refractivity contribution is -0.128. The molecule has 0 spiro atoms. The van der Waals surface area contributed by atoms with Crippen LogP contribution < -0.4 is 16.1 Å². The molecular formula is C30H41F2N3O3. The van der Waals surface area contributed by atoms with Gasteiger partial charge >= 0.3 is 0 Å². The zero-order chi connectivity index (χ0) is 27.9. The molecule has 0 radical (unpaired) electrons. The van der Waals surface area contributed by atoms with Crippen molar-refractivity contribution in [3.8, 4) is 0 Å². The van der Waals surface area contributed by atoms with Gasteiger partial charge in [0, 0.05) is 30.9 Å². The standard InChI is InChI=1S/C30H41F2N3O3/c1-6-38-35-25-10-12-30(13-11-25,22-9-7-8-21(17-22)29(2,3)4)34-19-27(36)26(28(37)33-5)16-20-14-23(31)18-24(32)15-20/h7-10,14-15,17-18,26-27,34-36H,6,11-13,16,19H2,1-5H3,(H,33,37). The van der Waals surface area contributed by atoms with Crippen molar-refractivity contribution in [2.75, 3.05) is 20.2 Å². The Morgan fingerprint density at radius 3 is 2.45 bits per heavy atom. The fourth-order valence-corrected chi connectivity index (χ4v) is 4.93. The maximum atomic E-state index is 13.8. The molecule has 38 heavy (non-hydrogen) atoms. The van der Waals surface area contributed by atoms with Crippen LogP contribution in [0.3, 0.4) is 0 Å². The fourth-order valence-electron chi connectivity index (χ4n) is 4.93. The van der Waals surface area contributed by atoms with Crippen molar-refractivity contribution in [3.05, 3.63) is 82.6 Å². The van der Waals surface area contributed by atoms with Gasteiger partial charge in [0.05, 0.1) is 18.6 Å². The summed E-state index contributed by atoms with van der Waals surface area (Å²) in [7, 11) is 1.49. The lowest BCUT2D eigenvalue weighted by atomic mass is 9.76. The smallest absolute Gasteiger partial charge is 0.225 e. The first kappa shape index (κ1) is 29.7. The predicted molar refractivity (Wildman–Crippen MR) is 145 cm³/mol. The highest BCUT2D eigenvalue weighted by Crippen LogP contribution is 2.38. The van der Waals surface area contributed by atoms with Crippen LogP contribution in [-0.2, 0) is 27.0 Å². The maximum Gasteiger partial charge on any atom is 0.225 e. The largest absolute Gasteiger partial charge is 0.391 e. The average Bonchev–Trinajstić information content (AvgIpc) is 2.88. The summed E-state index contributed by atoms with van der Waals surface area (Å²) in [6, 6.07) is 11.6. The van der Waals surface area contributed by atoms with E-state index in [9.17, 15) is 18.7 Å². The van der Waals surface area contributed by atoms with E-state index >= 15 is 0 Å². The Balaban J connectivity index is 1.87. The van der Waals surface area contributed by atoms with E-state index in [1.165, 1.54) is 24.7 Å². The van der Waals surface area contributed by atoms with Gasteiger partial charge in [-0.15, -0.1) is 0 Å². The summed E-state index contributed by atoms with van der Waals surface area (Å²) in [5.41, 5.74) is 6.13. The second-order valence-electron chi connectivity index (χ2n) is 11.0. The lowest BCUT2D eigenvalue weighted by Gasteiger charge is -2.40. The minimum absolute atomic E-state index is 0.00599. The molecule has 3 atom stereocenters. The summed E-state index contributed by atoms with van der Waals surface area (Å²) in [5, 5.41) is 17.4. The molecule has 1 aliphatic carbocycles. The number of hydrogen-bond donors (Lipinski definition) is 4. The van der Waals surface area contributed by atoms with E-state index in [1.807, 2.05) is 6.92 Å². The van der Waals surface area contributed by atoms with E-state index in [4.69, 9.17) is 4.84 Å². The summed E-state index contributed by atoms with van der Waals surface area (Å²) >= 11 is 0. The number of aliphatic hydroxyl groups is 1. The third-order valence-corrected chi connectivity index (χ3v) is 7.22. The molecule has 0 aromatic heterocycles. The first-order chi connectivity index (χ1) is 18.0. The molecule has 3 rings (SSSR count). The van der Waals surface area contributed by atoms with Gasteiger partial charge in [-0.05, 0) is 66.8 Å². The number of aliphatic hydroxyl groups excluding tert-OH is 1. The highest BCUT2D eigenvalue weighted by atomic mass is 19.1. The normalized spacial score (nSPS) is 19.4. The van der Waals surface area contributed by atoms with Crippen molar-refractivity contribution in [2.24, 2.45) is 5.92 Å². The van der Waals surface area contributed by atoms with Gasteiger partial charge in [0.25, 0.3) is 0 Å². The second-order valence-corrected chi connectivity index (χ2v) is 11.0. The molecule has 2 aromatic carbocycles. The number of carbonyl (C=O) groups is 1. The Morgan fingerprint density at radius 1 is 1.16 bits per heavy atom. The lowest BCUT2D eigenvalue weighted by Crippen LogP contribution is -2.50. The molecule has 2 aromatic rings. The highest BCUT2D eigenvalue weighted by Gasteiger charge is 2.36. The summed E-state index contributed by atoms with van der Waals surface area (Å²) in [5.74, 6) is -2.71. The average molecular weight is 530 g/mol. The van der Waals surface area contributed by atoms with E-state index in [-0.39, 0.29) is 24.3 Å². The van der Waals surface area contributed by atoms with E-state index < -0.39 is 29.2 Å². The van der Waals surface area contributed by atoms with Crippen LogP contribution in [0.15, 0.2) is 54.2 Å². The van der Waals surface area contributed by atoms with E-state index in [2.05, 4.69) is 67.2 Å². The summed E-state index contributed by atoms with van der Waals surface area (Å²) in [4.78, 5) is 18.1. The van der Waals surface area contributed by atoms with Gasteiger partial charge in [-0.25, -0.2) is 8.78 Å². The molecule has 208 valence electrons. The van der Waals surface area contributed by atoms with E-state index in [1.54, 1.807) is 0 Å². The number of rotatable bonds is 11. The van der Waals surface area contributed by atoms with Gasteiger partial charge in [-0.1, -0.05) is 51.1 Å². The fraction of sp³-hybridized carbons (Fsp3) is 0.500. The number of allylic oxidation sites excluding steroid dienone is 1. The van der Waals surface area contributed by atoms with Crippen LogP contribution >= 0.6 is 0 Å². The van der Waals surface area contributed by atoms with Crippen LogP contribution in [0.25, 0.3) is 0 Å². The van der Waals surface area contributed by atoms with Gasteiger partial charge in [-0.2, -0.15) is 0 Å². The van der Waals surface area contributed by atoms with Crippen molar-refractivity contribution in [1.29, 1.82) is 0 Å². The molecule has 0 heterocycles. The number of amides is 1. The number of benzene rings is 2. The monoisotopic (exact) mass is 529 g/mol. The topological polar surface area (TPSA) is 82.6 Å². The number of halogens is 2. The van der Waals surface area contributed by atoms with Gasteiger partial charge in [-0.3, -0.25) is 15.1 Å². The number of hydrogen-bond acceptors (Lipinski definition) is 5. The van der Waals surface area contributed by atoms with Crippen LogP contribution in [0.4, 0.5) is 8.78 Å². The molecule has 0 saturated heterocycles. The van der Waals surface area contributed by atoms with Crippen molar-refractivity contribution in [1.82, 2.24) is 16.1 Å². The van der Waals surface area contributed by atoms with Crippen molar-refractivity contribution >= 4 is 5.91 Å². The van der Waals surface area contributed by atoms with Gasteiger partial charge in [0.2, 0.25) is 5.91 Å². The van der Waals surface area contributed by atoms with Crippen LogP contribution in [0.2, 0.25) is 0 Å². The molecule has 0 saturated carbocycles. The summed E-state index contributed by atoms with van der Waals surface area (Å²) in [6.07, 6.45) is 3.17. The van der Waals surface area contributed by atoms with Crippen molar-refractivity contribution in [3.63, 3.8) is 0 Å². The molecule has 1 aliphatic rings. The van der Waals surface area contributed by atoms with Gasteiger partial charge < -0.3 is 15.7 Å². The van der Waals surface area contributed by atoms with Gasteiger partial charge in [0.1, 0.15) is 11.6 Å². The van der Waals surface area contributed by atoms with Crippen LogP contribution in [0.5, 0.6) is 0 Å². The first-order valence-electron chi connectivity index (χ1n) is 13.2. The zero-order valence-electron chi connectivity index (χ0n) is 23.0. The highest BCUT2D eigenvalue weighted by molar-refractivity contribution is 5.79. The molecule has 0 aliphatic heterocycles. The maximum absolute atomic E-state index is 13.8. The second kappa shape index (κ2) is 12.8. The van der Waals surface area contributed by atoms with E-state index in [0.717, 1.165) is 30.2 Å². The molecule has 3 unspecified atom stereocenters. The molecule has 4 N–H and O–H groups in total. The number of hydroxylamine groups is 1. The molecular weight excluding hydrogens is 488 g/mol. The van der Waals surface area contributed by atoms with Gasteiger partial charge in [0.15, 0.2) is 0 Å². The quantitative estimate of drug-likeness (QED) is 0.320. The van der Waals surface area contributed by atoms with Crippen molar-refractivity contribution in [2.45, 2.75) is 70.4 Å². The third kappa shape index (κ3) is 7.62.